The first-order valence-electron chi connectivity index (χ1n) is 8.45. The molecule has 0 spiro atoms. The van der Waals surface area contributed by atoms with Gasteiger partial charge < -0.3 is 9.26 Å². The fraction of sp³-hybridized carbons (Fsp3) is 1.00. The Balaban J connectivity index is 2.52. The Bertz CT molecular complexity index is 492. The van der Waals surface area contributed by atoms with Gasteiger partial charge in [-0.1, -0.05) is 6.42 Å². The van der Waals surface area contributed by atoms with E-state index in [0.717, 1.165) is 19.3 Å². The molecule has 1 saturated carbocycles. The summed E-state index contributed by atoms with van der Waals surface area (Å²) in [5.74, 6) is 0. The highest BCUT2D eigenvalue weighted by Crippen LogP contribution is 2.51. The summed E-state index contributed by atoms with van der Waals surface area (Å²) in [5.41, 5.74) is 0. The van der Waals surface area contributed by atoms with Crippen LogP contribution < -0.4 is 5.09 Å². The van der Waals surface area contributed by atoms with Gasteiger partial charge in [0.15, 0.2) is 0 Å². The molecule has 1 N–H and O–H groups in total. The van der Waals surface area contributed by atoms with Crippen molar-refractivity contribution in [3.63, 3.8) is 0 Å². The zero-order valence-corrected chi connectivity index (χ0v) is 17.6. The zero-order chi connectivity index (χ0) is 19.1. The average molecular weight is 407 g/mol. The average Bonchev–Trinajstić information content (AvgIpc) is 2.40. The Morgan fingerprint density at radius 1 is 1.21 bits per heavy atom. The molecule has 0 amide bonds. The van der Waals surface area contributed by atoms with Crippen molar-refractivity contribution in [3.05, 3.63) is 0 Å². The minimum Gasteiger partial charge on any atom is -0.382 e. The van der Waals surface area contributed by atoms with Crippen molar-refractivity contribution >= 4 is 24.6 Å². The van der Waals surface area contributed by atoms with Crippen molar-refractivity contribution in [2.45, 2.75) is 51.4 Å². The first-order chi connectivity index (χ1) is 11.6. The summed E-state index contributed by atoms with van der Waals surface area (Å²) < 4.78 is 58.4. The lowest BCUT2D eigenvalue weighted by atomic mass is 9.94. The van der Waals surface area contributed by atoms with Crippen molar-refractivity contribution < 1.29 is 33.3 Å². The van der Waals surface area contributed by atoms with Gasteiger partial charge in [0.05, 0.1) is 33.1 Å². The maximum Gasteiger partial charge on any atom is 0.475 e. The molecule has 1 aliphatic rings. The van der Waals surface area contributed by atoms with Crippen LogP contribution in [0.2, 0.25) is 0 Å². The number of phosphoric ester groups is 1. The predicted molar refractivity (Wildman–Crippen MR) is 96.5 cm³/mol. The number of ether oxygens (including phenoxy) is 1. The zero-order valence-electron chi connectivity index (χ0n) is 15.7. The highest BCUT2D eigenvalue weighted by molar-refractivity contribution is 7.56. The van der Waals surface area contributed by atoms with Crippen LogP contribution in [-0.4, -0.2) is 51.6 Å². The Morgan fingerprint density at radius 3 is 2.33 bits per heavy atom. The summed E-state index contributed by atoms with van der Waals surface area (Å²) in [7, 11) is -3.44. The molecule has 24 heavy (non-hydrogen) atoms. The molecule has 6 unspecified atom stereocenters. The molecule has 0 aliphatic heterocycles. The molecule has 1 rings (SSSR count). The quantitative estimate of drug-likeness (QED) is 0.465. The maximum absolute atomic E-state index is 12.6. The molecule has 0 aromatic carbocycles. The Hall–Kier alpha value is 0.650. The van der Waals surface area contributed by atoms with Crippen LogP contribution in [0.5, 0.6) is 0 Å². The normalized spacial score (nSPS) is 25.0. The van der Waals surface area contributed by atoms with Gasteiger partial charge in [-0.25, -0.2) is 9.65 Å². The third-order valence-corrected chi connectivity index (χ3v) is 6.70. The molecular formula is C13H30NO7P3. The van der Waals surface area contributed by atoms with Gasteiger partial charge in [0.2, 0.25) is 0 Å². The third kappa shape index (κ3) is 8.84. The van der Waals surface area contributed by atoms with Crippen molar-refractivity contribution in [1.29, 1.82) is 0 Å². The van der Waals surface area contributed by atoms with E-state index < -0.39 is 33.9 Å². The van der Waals surface area contributed by atoms with E-state index in [4.69, 9.17) is 24.2 Å². The van der Waals surface area contributed by atoms with Gasteiger partial charge in [-0.3, -0.25) is 18.1 Å². The van der Waals surface area contributed by atoms with Crippen LogP contribution in [0.3, 0.4) is 0 Å². The summed E-state index contributed by atoms with van der Waals surface area (Å²) in [6, 6.07) is 0.220. The smallest absolute Gasteiger partial charge is 0.382 e. The van der Waals surface area contributed by atoms with E-state index >= 15 is 0 Å². The van der Waals surface area contributed by atoms with Gasteiger partial charge in [0.1, 0.15) is 0 Å². The second-order valence-electron chi connectivity index (χ2n) is 5.87. The molecule has 144 valence electrons. The van der Waals surface area contributed by atoms with Gasteiger partial charge in [-0.2, -0.15) is 0 Å². The molecular weight excluding hydrogens is 375 g/mol. The van der Waals surface area contributed by atoms with Gasteiger partial charge in [0, 0.05) is 19.8 Å². The highest BCUT2D eigenvalue weighted by atomic mass is 31.2. The van der Waals surface area contributed by atoms with Crippen LogP contribution in [0.25, 0.3) is 0 Å². The fourth-order valence-corrected chi connectivity index (χ4v) is 5.51. The number of rotatable bonds is 13. The van der Waals surface area contributed by atoms with Crippen molar-refractivity contribution in [1.82, 2.24) is 5.09 Å². The number of phosphoric acid groups is 1. The van der Waals surface area contributed by atoms with Crippen molar-refractivity contribution in [3.8, 4) is 0 Å². The fourth-order valence-electron chi connectivity index (χ4n) is 2.12. The van der Waals surface area contributed by atoms with E-state index in [1.165, 1.54) is 13.8 Å². The van der Waals surface area contributed by atoms with Gasteiger partial charge >= 0.3 is 7.82 Å². The molecule has 0 heterocycles. The summed E-state index contributed by atoms with van der Waals surface area (Å²) in [6.45, 7) is 4.85. The van der Waals surface area contributed by atoms with E-state index in [2.05, 4.69) is 5.09 Å². The van der Waals surface area contributed by atoms with E-state index in [0.29, 0.717) is 0 Å². The summed E-state index contributed by atoms with van der Waals surface area (Å²) >= 11 is 0. The van der Waals surface area contributed by atoms with E-state index in [1.807, 2.05) is 9.24 Å². The summed E-state index contributed by atoms with van der Waals surface area (Å²) in [6.07, 6.45) is 0.772. The Labute approximate surface area is 148 Å². The van der Waals surface area contributed by atoms with Gasteiger partial charge in [-0.15, -0.1) is 9.24 Å². The lowest BCUT2D eigenvalue weighted by Gasteiger charge is -2.31. The van der Waals surface area contributed by atoms with Crippen molar-refractivity contribution in [2.75, 3.05) is 33.3 Å². The maximum atomic E-state index is 12.6. The first-order valence-corrected chi connectivity index (χ1v) is 12.1. The molecule has 8 nitrogen and oxygen atoms in total. The first kappa shape index (κ1) is 21.0. The van der Waals surface area contributed by atoms with Crippen LogP contribution >= 0.6 is 24.6 Å². The lowest BCUT2D eigenvalue weighted by Crippen LogP contribution is -2.34. The highest BCUT2D eigenvalue weighted by Gasteiger charge is 2.32. The van der Waals surface area contributed by atoms with Crippen LogP contribution in [-0.2, 0) is 32.0 Å². The van der Waals surface area contributed by atoms with Gasteiger partial charge in [-0.05, 0) is 26.7 Å². The molecule has 0 radical (unpaired) electrons. The summed E-state index contributed by atoms with van der Waals surface area (Å²) in [4.78, 5) is 0. The molecule has 0 saturated heterocycles. The molecule has 1 fully saturated rings. The molecule has 1 aliphatic carbocycles. The SMILES string of the molecule is [3H]C(P)OP(=O)(OCC(C)OP(C)(=O)NC1CCC1)OC(C)COC. The Kier molecular flexibility index (Phi) is 9.36. The number of methoxy groups -OCH3 is 1. The summed E-state index contributed by atoms with van der Waals surface area (Å²) in [5, 5.41) is 3.00. The van der Waals surface area contributed by atoms with Crippen molar-refractivity contribution in [2.24, 2.45) is 0 Å². The number of hydrogen-bond acceptors (Lipinski definition) is 7. The van der Waals surface area contributed by atoms with E-state index in [9.17, 15) is 9.13 Å². The molecule has 0 aromatic heterocycles. The number of nitrogens with one attached hydrogen (secondary N) is 1. The Morgan fingerprint density at radius 2 is 1.83 bits per heavy atom. The van der Waals surface area contributed by atoms with E-state index in [-0.39, 0.29) is 19.3 Å². The molecule has 11 heteroatoms. The molecule has 0 bridgehead atoms. The van der Waals surface area contributed by atoms with E-state index in [1.54, 1.807) is 13.8 Å². The second-order valence-corrected chi connectivity index (χ2v) is 9.88. The molecule has 0 aromatic rings. The van der Waals surface area contributed by atoms with Crippen LogP contribution in [0.4, 0.5) is 0 Å². The predicted octanol–water partition coefficient (Wildman–Crippen LogP) is 3.38. The third-order valence-electron chi connectivity index (χ3n) is 3.27. The standard InChI is InChI=1S/C13H30NO7P3/c1-11(8-17-3)21-24(16,19-10-22)18-9-12(2)20-23(4,15)14-13-6-5-7-13/h11-13H,5-10,22H2,1-4H3,(H,14,15)/i10T. The lowest BCUT2D eigenvalue weighted by molar-refractivity contribution is 0.0353. The number of hydrogen-bond donors (Lipinski definition) is 1. The van der Waals surface area contributed by atoms with Crippen LogP contribution in [0.15, 0.2) is 0 Å². The van der Waals surface area contributed by atoms with Crippen LogP contribution in [0.1, 0.15) is 34.5 Å². The van der Waals surface area contributed by atoms with Gasteiger partial charge in [0.25, 0.3) is 7.52 Å². The minimum atomic E-state index is -3.98. The topological polar surface area (TPSA) is 92.3 Å². The second kappa shape index (κ2) is 10.7. The minimum absolute atomic E-state index is 0.154. The van der Waals surface area contributed by atoms with Crippen LogP contribution in [0, 0.1) is 0 Å². The molecule has 6 atom stereocenters. The largest absolute Gasteiger partial charge is 0.475 e. The monoisotopic (exact) mass is 407 g/mol.